The maximum absolute atomic E-state index is 4.39. The van der Waals surface area contributed by atoms with Crippen LogP contribution in [0.2, 0.25) is 0 Å². The minimum atomic E-state index is 0. The van der Waals surface area contributed by atoms with E-state index >= 15 is 0 Å². The van der Waals surface area contributed by atoms with Gasteiger partial charge in [0.1, 0.15) is 0 Å². The van der Waals surface area contributed by atoms with Crippen molar-refractivity contribution >= 4 is 33.1 Å². The van der Waals surface area contributed by atoms with E-state index in [0.717, 1.165) is 0 Å². The van der Waals surface area contributed by atoms with Crippen LogP contribution in [0.5, 0.6) is 0 Å². The molecule has 0 N–H and O–H groups in total. The molecule has 4 aromatic carbocycles. The molecule has 0 aliphatic rings. The average Bonchev–Trinajstić information content (AvgIpc) is 3.64. The van der Waals surface area contributed by atoms with Gasteiger partial charge in [-0.1, -0.05) is 37.1 Å². The zero-order valence-electron chi connectivity index (χ0n) is 20.7. The maximum Gasteiger partial charge on any atom is 3.00 e. The summed E-state index contributed by atoms with van der Waals surface area (Å²) in [4.78, 5) is 0. The number of fused-ring (bicyclic) bond motifs is 2. The topological polar surface area (TPSA) is 9.86 Å². The summed E-state index contributed by atoms with van der Waals surface area (Å²) in [5, 5.41) is 5.46. The molecule has 0 spiro atoms. The summed E-state index contributed by atoms with van der Waals surface area (Å²) >= 11 is 4.39. The van der Waals surface area contributed by atoms with Crippen LogP contribution in [-0.4, -0.2) is 9.13 Å². The van der Waals surface area contributed by atoms with Gasteiger partial charge in [-0.05, 0) is 49.5 Å². The summed E-state index contributed by atoms with van der Waals surface area (Å²) in [5.41, 5.74) is 7.88. The van der Waals surface area contributed by atoms with E-state index in [9.17, 15) is 0 Å². The molecular formula is C31H30ClN2Zr. The fraction of sp³-hybridized carbons (Fsp3) is 0.129. The molecule has 6 aromatic rings. The fourth-order valence-electron chi connectivity index (χ4n) is 4.46. The molecule has 6 rings (SSSR count). The zero-order valence-corrected chi connectivity index (χ0v) is 23.9. The summed E-state index contributed by atoms with van der Waals surface area (Å²) in [6.07, 6.45) is 11.1. The molecule has 0 atom stereocenters. The van der Waals surface area contributed by atoms with Crippen LogP contribution in [0, 0.1) is 34.1 Å². The minimum Gasteiger partial charge on any atom is -0.352 e. The molecule has 2 aromatic heterocycles. The van der Waals surface area contributed by atoms with Gasteiger partial charge in [-0.3, -0.25) is 6.38 Å². The number of hydrogen-bond acceptors (Lipinski definition) is 0. The van der Waals surface area contributed by atoms with Gasteiger partial charge in [-0.25, -0.2) is 0 Å². The van der Waals surface area contributed by atoms with Crippen molar-refractivity contribution in [3.8, 4) is 11.4 Å². The summed E-state index contributed by atoms with van der Waals surface area (Å²) in [5.74, 6) is 0. The number of aromatic nitrogens is 2. The van der Waals surface area contributed by atoms with E-state index in [2.05, 4.69) is 152 Å². The predicted molar refractivity (Wildman–Crippen MR) is 148 cm³/mol. The number of hydrogen-bond donors (Lipinski definition) is 0. The van der Waals surface area contributed by atoms with Crippen molar-refractivity contribution in [1.82, 2.24) is 9.13 Å². The molecule has 1 radical (unpaired) electrons. The first-order valence-electron chi connectivity index (χ1n) is 11.4. The molecular weight excluding hydrogens is 527 g/mol. The van der Waals surface area contributed by atoms with Crippen molar-refractivity contribution in [3.63, 3.8) is 0 Å². The number of aryl methyl sites for hydroxylation is 4. The molecule has 4 heteroatoms. The normalized spacial score (nSPS) is 10.3. The molecule has 35 heavy (non-hydrogen) atoms. The van der Waals surface area contributed by atoms with Gasteiger partial charge in [0.05, 0.1) is 0 Å². The Morgan fingerprint density at radius 3 is 1.20 bits per heavy atom. The summed E-state index contributed by atoms with van der Waals surface area (Å²) in [6.45, 7) is 8.67. The summed E-state index contributed by atoms with van der Waals surface area (Å²) < 4.78 is 4.30. The molecule has 0 aliphatic heterocycles. The molecule has 2 nitrogen and oxygen atoms in total. The van der Waals surface area contributed by atoms with Crippen LogP contribution in [-0.2, 0) is 26.2 Å². The van der Waals surface area contributed by atoms with Crippen LogP contribution >= 0.6 is 11.6 Å². The van der Waals surface area contributed by atoms with Crippen molar-refractivity contribution in [2.75, 3.05) is 0 Å². The number of rotatable bonds is 2. The van der Waals surface area contributed by atoms with Gasteiger partial charge in [0.25, 0.3) is 0 Å². The first-order valence-corrected chi connectivity index (χ1v) is 11.9. The van der Waals surface area contributed by atoms with Gasteiger partial charge in [0.2, 0.25) is 0 Å². The van der Waals surface area contributed by atoms with E-state index in [1.165, 1.54) is 55.2 Å². The molecule has 0 aliphatic carbocycles. The summed E-state index contributed by atoms with van der Waals surface area (Å²) in [7, 11) is 0. The Morgan fingerprint density at radius 1 is 0.571 bits per heavy atom. The standard InChI is InChI=1S/2C15H14N.CH2Cl.Zr/c2*1-11-5-6-12(2)15-10-13(9-14(11)15)16-7-3-4-8-16;1-2;/h2*3-10H,1-2H3;1H2;/q3*-1;+3. The molecule has 2 heterocycles. The number of nitrogens with zero attached hydrogens (tertiary/aromatic N) is 2. The van der Waals surface area contributed by atoms with Crippen LogP contribution in [0.3, 0.4) is 0 Å². The van der Waals surface area contributed by atoms with Gasteiger partial charge in [0, 0.05) is 24.8 Å². The molecule has 0 amide bonds. The van der Waals surface area contributed by atoms with Gasteiger partial charge in [0.15, 0.2) is 0 Å². The monoisotopic (exact) mass is 555 g/mol. The molecule has 175 valence electrons. The Morgan fingerprint density at radius 2 is 0.886 bits per heavy atom. The van der Waals surface area contributed by atoms with Crippen LogP contribution in [0.25, 0.3) is 32.9 Å². The van der Waals surface area contributed by atoms with Crippen molar-refractivity contribution in [1.29, 1.82) is 0 Å². The van der Waals surface area contributed by atoms with Gasteiger partial charge >= 0.3 is 26.2 Å². The third-order valence-electron chi connectivity index (χ3n) is 6.42. The third-order valence-corrected chi connectivity index (χ3v) is 6.42. The Labute approximate surface area is 232 Å². The van der Waals surface area contributed by atoms with Crippen LogP contribution in [0.15, 0.2) is 97.6 Å². The minimum absolute atomic E-state index is 0. The Bertz CT molecular complexity index is 1310. The van der Waals surface area contributed by atoms with E-state index in [0.29, 0.717) is 0 Å². The predicted octanol–water partition coefficient (Wildman–Crippen LogP) is 8.95. The Hall–Kier alpha value is -2.61. The average molecular weight is 557 g/mol. The van der Waals surface area contributed by atoms with E-state index in [1.54, 1.807) is 0 Å². The van der Waals surface area contributed by atoms with Crippen LogP contribution in [0.4, 0.5) is 0 Å². The molecule has 0 saturated carbocycles. The van der Waals surface area contributed by atoms with E-state index < -0.39 is 0 Å². The number of benzene rings is 2. The van der Waals surface area contributed by atoms with Crippen molar-refractivity contribution in [2.24, 2.45) is 0 Å². The zero-order chi connectivity index (χ0) is 24.2. The van der Waals surface area contributed by atoms with Gasteiger partial charge < -0.3 is 20.7 Å². The van der Waals surface area contributed by atoms with Gasteiger partial charge in [-0.15, -0.1) is 69.1 Å². The Kier molecular flexibility index (Phi) is 9.17. The molecule has 0 unspecified atom stereocenters. The smallest absolute Gasteiger partial charge is 0.352 e. The fourth-order valence-corrected chi connectivity index (χ4v) is 4.46. The molecule has 0 saturated heterocycles. The van der Waals surface area contributed by atoms with E-state index in [4.69, 9.17) is 0 Å². The largest absolute Gasteiger partial charge is 3.00 e. The van der Waals surface area contributed by atoms with Crippen molar-refractivity contribution in [3.05, 3.63) is 126 Å². The second-order valence-corrected chi connectivity index (χ2v) is 8.66. The first kappa shape index (κ1) is 27.0. The Balaban J connectivity index is 0.000000178. The maximum atomic E-state index is 4.39. The van der Waals surface area contributed by atoms with Crippen molar-refractivity contribution < 1.29 is 26.2 Å². The van der Waals surface area contributed by atoms with Crippen molar-refractivity contribution in [2.45, 2.75) is 27.7 Å². The van der Waals surface area contributed by atoms with Gasteiger partial charge in [-0.2, -0.15) is 0 Å². The van der Waals surface area contributed by atoms with E-state index in [1.807, 2.05) is 0 Å². The SMILES string of the molecule is Cc1ccc(C)c2[cH-]c(-n3cccc3)cc12.Cc1ccc(C)c2[cH-]c(-n3cccc3)cc12.[CH2-]Cl.[Zr+3]. The molecule has 0 bridgehead atoms. The van der Waals surface area contributed by atoms with E-state index in [-0.39, 0.29) is 26.2 Å². The summed E-state index contributed by atoms with van der Waals surface area (Å²) in [6, 6.07) is 26.0. The third kappa shape index (κ3) is 5.63. The molecule has 0 fully saturated rings. The first-order chi connectivity index (χ1) is 16.5. The second kappa shape index (κ2) is 11.9. The second-order valence-electron chi connectivity index (χ2n) is 8.66. The van der Waals surface area contributed by atoms with Crippen LogP contribution < -0.4 is 0 Å². The van der Waals surface area contributed by atoms with Crippen LogP contribution in [0.1, 0.15) is 22.3 Å². The quantitative estimate of drug-likeness (QED) is 0.188. The number of halogens is 1.